The van der Waals surface area contributed by atoms with Crippen LogP contribution in [0.3, 0.4) is 0 Å². The van der Waals surface area contributed by atoms with Crippen molar-refractivity contribution in [2.45, 2.75) is 110 Å². The second-order valence-corrected chi connectivity index (χ2v) is 11.6. The van der Waals surface area contributed by atoms with Crippen LogP contribution in [0.1, 0.15) is 110 Å². The number of unbranched alkanes of at least 4 members (excludes halogenated alkanes) is 15. The summed E-state index contributed by atoms with van der Waals surface area (Å²) >= 11 is -4.68. The van der Waals surface area contributed by atoms with Gasteiger partial charge in [-0.2, -0.15) is 0 Å². The molecule has 5 nitrogen and oxygen atoms in total. The van der Waals surface area contributed by atoms with E-state index in [-0.39, 0.29) is 4.35 Å². The monoisotopic (exact) mass is 486 g/mol. The number of benzene rings is 1. The minimum atomic E-state index is -4.68. The number of rotatable bonds is 17. The van der Waals surface area contributed by atoms with E-state index in [1.165, 1.54) is 127 Å². The van der Waals surface area contributed by atoms with Crippen LogP contribution in [0.15, 0.2) is 24.3 Å². The molecule has 6 heteroatoms. The predicted molar refractivity (Wildman–Crippen MR) is 130 cm³/mol. The number of hydrogen-bond acceptors (Lipinski definition) is 3. The first kappa shape index (κ1) is 29.3. The van der Waals surface area contributed by atoms with Gasteiger partial charge in [-0.05, 0) is 13.0 Å². The normalized spacial score (nSPS) is 11.2. The molecule has 6 N–H and O–H groups in total. The first-order chi connectivity index (χ1) is 14.4. The first-order valence-electron chi connectivity index (χ1n) is 12.0. The van der Waals surface area contributed by atoms with Gasteiger partial charge >= 0.3 is 66.1 Å². The van der Waals surface area contributed by atoms with E-state index < -0.39 is 14.2 Å². The van der Waals surface area contributed by atoms with Crippen LogP contribution in [0.2, 0.25) is 0 Å². The van der Waals surface area contributed by atoms with Gasteiger partial charge in [0.15, 0.2) is 0 Å². The Labute approximate surface area is 188 Å². The molecule has 0 amide bonds. The predicted octanol–water partition coefficient (Wildman–Crippen LogP) is 5.04. The summed E-state index contributed by atoms with van der Waals surface area (Å²) in [5, 5.41) is 0. The van der Waals surface area contributed by atoms with Gasteiger partial charge < -0.3 is 5.73 Å². The number of nitrogen functional groups attached to an aromatic ring is 1. The van der Waals surface area contributed by atoms with Crippen LogP contribution in [0.4, 0.5) is 5.69 Å². The third-order valence-corrected chi connectivity index (χ3v) is 7.32. The Morgan fingerprint density at radius 1 is 0.667 bits per heavy atom. The summed E-state index contributed by atoms with van der Waals surface area (Å²) in [7, 11) is 0. The zero-order valence-corrected chi connectivity index (χ0v) is 21.1. The van der Waals surface area contributed by atoms with E-state index in [0.29, 0.717) is 5.69 Å². The topological polar surface area (TPSA) is 110 Å². The quantitative estimate of drug-likeness (QED) is 0.140. The third kappa shape index (κ3) is 19.2. The van der Waals surface area contributed by atoms with E-state index in [1.54, 1.807) is 0 Å². The van der Waals surface area contributed by atoms with Crippen LogP contribution in [-0.2, 0) is 3.74 Å². The van der Waals surface area contributed by atoms with Crippen molar-refractivity contribution in [1.82, 2.24) is 0 Å². The summed E-state index contributed by atoms with van der Waals surface area (Å²) in [5.74, 6) is 0. The van der Waals surface area contributed by atoms with Crippen LogP contribution < -0.4 is 15.8 Å². The van der Waals surface area contributed by atoms with Crippen molar-refractivity contribution in [3.8, 4) is 0 Å². The molecule has 1 aromatic carbocycles. The van der Waals surface area contributed by atoms with Gasteiger partial charge in [0, 0.05) is 0 Å². The Morgan fingerprint density at radius 3 is 1.30 bits per heavy atom. The standard InChI is InChI=1S/C18H39N.C6H8AsNO3/c1-2-3-4-5-6-7-8-9-10-11-12-13-14-15-16-17-18-19;8-6-3-1-5(2-4-6)7(9,10)11/h2-19H2,1H3;1-4H,8H2,(H2,9,10,11). The molecule has 176 valence electrons. The Bertz CT molecular complexity index is 516. The molecule has 0 saturated carbocycles. The molecule has 30 heavy (non-hydrogen) atoms. The van der Waals surface area contributed by atoms with Gasteiger partial charge in [-0.25, -0.2) is 0 Å². The van der Waals surface area contributed by atoms with E-state index in [2.05, 4.69) is 6.92 Å². The average molecular weight is 487 g/mol. The second kappa shape index (κ2) is 20.2. The van der Waals surface area contributed by atoms with Crippen molar-refractivity contribution in [3.05, 3.63) is 24.3 Å². The Balaban J connectivity index is 0.000000642. The third-order valence-electron chi connectivity index (χ3n) is 5.29. The van der Waals surface area contributed by atoms with Crippen LogP contribution in [0.25, 0.3) is 0 Å². The van der Waals surface area contributed by atoms with Crippen LogP contribution >= 0.6 is 0 Å². The molecule has 0 atom stereocenters. The fraction of sp³-hybridized carbons (Fsp3) is 0.750. The van der Waals surface area contributed by atoms with Crippen molar-refractivity contribution in [1.29, 1.82) is 0 Å². The summed E-state index contributed by atoms with van der Waals surface area (Å²) in [6, 6.07) is 5.62. The van der Waals surface area contributed by atoms with E-state index in [4.69, 9.17) is 19.7 Å². The molecule has 0 bridgehead atoms. The molecule has 0 unspecified atom stereocenters. The average Bonchev–Trinajstić information content (AvgIpc) is 2.71. The van der Waals surface area contributed by atoms with Crippen LogP contribution in [-0.4, -0.2) is 28.9 Å². The Hall–Kier alpha value is -0.742. The summed E-state index contributed by atoms with van der Waals surface area (Å²) in [6.45, 7) is 3.16. The molecule has 0 spiro atoms. The van der Waals surface area contributed by atoms with Gasteiger partial charge in [0.25, 0.3) is 0 Å². The molecule has 0 heterocycles. The van der Waals surface area contributed by atoms with E-state index in [9.17, 15) is 3.74 Å². The van der Waals surface area contributed by atoms with Gasteiger partial charge in [-0.15, -0.1) is 0 Å². The second-order valence-electron chi connectivity index (χ2n) is 8.23. The molecule has 0 aliphatic carbocycles. The van der Waals surface area contributed by atoms with Gasteiger partial charge in [-0.1, -0.05) is 103 Å². The SMILES string of the molecule is CCCCCCCCCCCCCCCCCCN.Nc1ccc([As](=O)(O)O)cc1. The molecule has 0 aromatic heterocycles. The molecular weight excluding hydrogens is 439 g/mol. The van der Waals surface area contributed by atoms with E-state index >= 15 is 0 Å². The first-order valence-corrected chi connectivity index (χ1v) is 15.4. The van der Waals surface area contributed by atoms with Gasteiger partial charge in [0.2, 0.25) is 0 Å². The molecule has 0 radical (unpaired) electrons. The zero-order valence-electron chi connectivity index (χ0n) is 19.2. The molecule has 0 aliphatic rings. The van der Waals surface area contributed by atoms with E-state index in [1.807, 2.05) is 0 Å². The fourth-order valence-corrected chi connectivity index (χ4v) is 4.49. The van der Waals surface area contributed by atoms with Crippen molar-refractivity contribution < 1.29 is 11.9 Å². The summed E-state index contributed by atoms with van der Waals surface area (Å²) in [6.07, 6.45) is 22.9. The number of nitrogens with two attached hydrogens (primary N) is 2. The molecule has 0 fully saturated rings. The summed E-state index contributed by atoms with van der Waals surface area (Å²) in [4.78, 5) is 0. The Kier molecular flexibility index (Phi) is 19.7. The minimum absolute atomic E-state index is 0.0531. The van der Waals surface area contributed by atoms with Crippen molar-refractivity contribution in [3.63, 3.8) is 0 Å². The van der Waals surface area contributed by atoms with Crippen LogP contribution in [0, 0.1) is 0 Å². The summed E-state index contributed by atoms with van der Waals surface area (Å²) < 4.78 is 28.1. The van der Waals surface area contributed by atoms with Crippen molar-refractivity contribution >= 4 is 24.2 Å². The van der Waals surface area contributed by atoms with Crippen molar-refractivity contribution in [2.75, 3.05) is 12.3 Å². The van der Waals surface area contributed by atoms with Gasteiger partial charge in [0.05, 0.1) is 0 Å². The molecule has 1 rings (SSSR count). The van der Waals surface area contributed by atoms with Crippen LogP contribution in [0.5, 0.6) is 0 Å². The molecule has 0 aliphatic heterocycles. The number of anilines is 1. The van der Waals surface area contributed by atoms with Gasteiger partial charge in [-0.3, -0.25) is 0 Å². The van der Waals surface area contributed by atoms with E-state index in [0.717, 1.165) is 6.54 Å². The van der Waals surface area contributed by atoms with Crippen molar-refractivity contribution in [2.24, 2.45) is 5.73 Å². The summed E-state index contributed by atoms with van der Waals surface area (Å²) in [5.41, 5.74) is 11.3. The fourth-order valence-electron chi connectivity index (χ4n) is 3.36. The molecular formula is C24H47AsN2O3. The molecule has 1 aromatic rings. The maximum absolute atomic E-state index is 10.7. The van der Waals surface area contributed by atoms with Gasteiger partial charge in [0.1, 0.15) is 0 Å². The number of hydrogen-bond donors (Lipinski definition) is 4. The molecule has 0 saturated heterocycles. The maximum atomic E-state index is 10.7. The Morgan fingerprint density at radius 2 is 1.00 bits per heavy atom. The zero-order chi connectivity index (χ0) is 22.5.